The molecule has 1 aromatic heterocycles. The highest BCUT2D eigenvalue weighted by Crippen LogP contribution is 2.25. The van der Waals surface area contributed by atoms with E-state index in [1.807, 2.05) is 0 Å². The number of carbonyl (C=O) groups is 1. The summed E-state index contributed by atoms with van der Waals surface area (Å²) in [5.74, 6) is -3.33. The molecule has 1 fully saturated rings. The van der Waals surface area contributed by atoms with Gasteiger partial charge in [0, 0.05) is 25.0 Å². The van der Waals surface area contributed by atoms with Gasteiger partial charge in [-0.25, -0.2) is 8.78 Å². The standard InChI is InChI=1S/C9H11F2N3OS/c1-14-2-3-16-8(14)13-7(15)6-4-9(10,11)5-12-6/h2-3,6,12H,4-5H2,1H3. The number of nitrogens with one attached hydrogen (secondary N) is 1. The number of halogens is 2. The van der Waals surface area contributed by atoms with Crippen LogP contribution in [0, 0.1) is 0 Å². The lowest BCUT2D eigenvalue weighted by Crippen LogP contribution is -2.31. The molecule has 0 bridgehead atoms. The highest BCUT2D eigenvalue weighted by molar-refractivity contribution is 7.07. The number of rotatable bonds is 1. The van der Waals surface area contributed by atoms with Crippen molar-refractivity contribution >= 4 is 17.2 Å². The zero-order chi connectivity index (χ0) is 11.8. The van der Waals surface area contributed by atoms with Crippen LogP contribution in [0.2, 0.25) is 0 Å². The molecule has 2 rings (SSSR count). The van der Waals surface area contributed by atoms with Gasteiger partial charge in [-0.05, 0) is 0 Å². The summed E-state index contributed by atoms with van der Waals surface area (Å²) in [5, 5.41) is 4.26. The second-order valence-electron chi connectivity index (χ2n) is 3.74. The van der Waals surface area contributed by atoms with Crippen LogP contribution in [-0.2, 0) is 11.8 Å². The van der Waals surface area contributed by atoms with E-state index in [1.54, 1.807) is 23.2 Å². The fraction of sp³-hybridized carbons (Fsp3) is 0.556. The molecule has 1 unspecified atom stereocenters. The second-order valence-corrected chi connectivity index (χ2v) is 4.61. The minimum atomic E-state index is -2.80. The summed E-state index contributed by atoms with van der Waals surface area (Å²) in [4.78, 5) is 15.9. The lowest BCUT2D eigenvalue weighted by molar-refractivity contribution is -0.120. The first-order chi connectivity index (χ1) is 7.48. The van der Waals surface area contributed by atoms with Gasteiger partial charge in [-0.3, -0.25) is 10.1 Å². The second kappa shape index (κ2) is 4.06. The van der Waals surface area contributed by atoms with Gasteiger partial charge < -0.3 is 4.57 Å². The van der Waals surface area contributed by atoms with E-state index >= 15 is 0 Å². The number of hydrogen-bond acceptors (Lipinski definition) is 3. The summed E-state index contributed by atoms with van der Waals surface area (Å²) in [6.07, 6.45) is 1.29. The van der Waals surface area contributed by atoms with E-state index in [9.17, 15) is 13.6 Å². The molecular formula is C9H11F2N3OS. The summed E-state index contributed by atoms with van der Waals surface area (Å²) in [6.45, 7) is -0.449. The van der Waals surface area contributed by atoms with Gasteiger partial charge in [-0.1, -0.05) is 0 Å². The zero-order valence-electron chi connectivity index (χ0n) is 8.61. The topological polar surface area (TPSA) is 46.4 Å². The molecule has 7 heteroatoms. The van der Waals surface area contributed by atoms with Crippen molar-refractivity contribution in [1.29, 1.82) is 0 Å². The van der Waals surface area contributed by atoms with Crippen LogP contribution in [0.15, 0.2) is 16.6 Å². The van der Waals surface area contributed by atoms with Crippen LogP contribution in [0.3, 0.4) is 0 Å². The molecule has 1 saturated heterocycles. The van der Waals surface area contributed by atoms with Crippen molar-refractivity contribution in [2.24, 2.45) is 12.0 Å². The molecule has 2 heterocycles. The quantitative estimate of drug-likeness (QED) is 0.786. The maximum atomic E-state index is 12.9. The van der Waals surface area contributed by atoms with Gasteiger partial charge in [-0.2, -0.15) is 4.99 Å². The SMILES string of the molecule is Cn1ccsc1=NC(=O)C1CC(F)(F)CN1. The summed E-state index contributed by atoms with van der Waals surface area (Å²) >= 11 is 1.30. The third-order valence-corrected chi connectivity index (χ3v) is 3.22. The van der Waals surface area contributed by atoms with Gasteiger partial charge in [0.2, 0.25) is 0 Å². The third kappa shape index (κ3) is 2.35. The van der Waals surface area contributed by atoms with Crippen molar-refractivity contribution in [3.63, 3.8) is 0 Å². The molecule has 4 nitrogen and oxygen atoms in total. The molecule has 16 heavy (non-hydrogen) atoms. The Morgan fingerprint density at radius 3 is 3.00 bits per heavy atom. The number of alkyl halides is 2. The first-order valence-electron chi connectivity index (χ1n) is 4.78. The molecule has 1 aromatic rings. The van der Waals surface area contributed by atoms with Gasteiger partial charge in [0.1, 0.15) is 0 Å². The Balaban J connectivity index is 2.14. The lowest BCUT2D eigenvalue weighted by atomic mass is 10.2. The fourth-order valence-corrected chi connectivity index (χ4v) is 2.23. The van der Waals surface area contributed by atoms with Crippen LogP contribution >= 0.6 is 11.3 Å². The fourth-order valence-electron chi connectivity index (χ4n) is 1.50. The number of aryl methyl sites for hydroxylation is 1. The van der Waals surface area contributed by atoms with Gasteiger partial charge in [0.15, 0.2) is 4.80 Å². The summed E-state index contributed by atoms with van der Waals surface area (Å²) in [6, 6.07) is -0.864. The van der Waals surface area contributed by atoms with E-state index in [2.05, 4.69) is 10.3 Å². The van der Waals surface area contributed by atoms with Crippen LogP contribution in [0.25, 0.3) is 0 Å². The Bertz CT molecular complexity index is 465. The smallest absolute Gasteiger partial charge is 0.265 e. The van der Waals surface area contributed by atoms with Crippen LogP contribution in [0.5, 0.6) is 0 Å². The van der Waals surface area contributed by atoms with Gasteiger partial charge in [0.25, 0.3) is 11.8 Å². The normalized spacial score (nSPS) is 24.9. The number of aromatic nitrogens is 1. The number of hydrogen-bond donors (Lipinski definition) is 1. The monoisotopic (exact) mass is 247 g/mol. The van der Waals surface area contributed by atoms with Crippen molar-refractivity contribution in [1.82, 2.24) is 9.88 Å². The van der Waals surface area contributed by atoms with E-state index in [1.165, 1.54) is 11.3 Å². The summed E-state index contributed by atoms with van der Waals surface area (Å²) in [5.41, 5.74) is 0. The summed E-state index contributed by atoms with van der Waals surface area (Å²) in [7, 11) is 1.75. The molecule has 1 atom stereocenters. The molecule has 1 N–H and O–H groups in total. The largest absolute Gasteiger partial charge is 0.327 e. The predicted octanol–water partition coefficient (Wildman–Crippen LogP) is 0.511. The number of thiazole rings is 1. The highest BCUT2D eigenvalue weighted by Gasteiger charge is 2.42. The Morgan fingerprint density at radius 1 is 1.75 bits per heavy atom. The zero-order valence-corrected chi connectivity index (χ0v) is 9.43. The van der Waals surface area contributed by atoms with E-state index in [0.29, 0.717) is 4.80 Å². The predicted molar refractivity (Wildman–Crippen MR) is 55.2 cm³/mol. The van der Waals surface area contributed by atoms with E-state index in [0.717, 1.165) is 0 Å². The molecule has 88 valence electrons. The highest BCUT2D eigenvalue weighted by atomic mass is 32.1. The molecule has 0 saturated carbocycles. The van der Waals surface area contributed by atoms with E-state index < -0.39 is 30.8 Å². The van der Waals surface area contributed by atoms with E-state index in [-0.39, 0.29) is 0 Å². The van der Waals surface area contributed by atoms with Gasteiger partial charge in [0.05, 0.1) is 12.6 Å². The van der Waals surface area contributed by atoms with E-state index in [4.69, 9.17) is 0 Å². The maximum absolute atomic E-state index is 12.9. The van der Waals surface area contributed by atoms with Crippen molar-refractivity contribution in [2.75, 3.05) is 6.54 Å². The minimum Gasteiger partial charge on any atom is -0.327 e. The Kier molecular flexibility index (Phi) is 2.90. The third-order valence-electron chi connectivity index (χ3n) is 2.37. The first-order valence-corrected chi connectivity index (χ1v) is 5.66. The average Bonchev–Trinajstić information content (AvgIpc) is 2.74. The van der Waals surface area contributed by atoms with Crippen LogP contribution in [0.1, 0.15) is 6.42 Å². The minimum absolute atomic E-state index is 0.449. The van der Waals surface area contributed by atoms with Crippen LogP contribution in [0.4, 0.5) is 8.78 Å². The molecule has 1 aliphatic rings. The Labute approximate surface area is 94.6 Å². The Morgan fingerprint density at radius 2 is 2.50 bits per heavy atom. The molecule has 1 amide bonds. The number of amides is 1. The van der Waals surface area contributed by atoms with Gasteiger partial charge in [-0.15, -0.1) is 11.3 Å². The van der Waals surface area contributed by atoms with Crippen molar-refractivity contribution in [2.45, 2.75) is 18.4 Å². The molecular weight excluding hydrogens is 236 g/mol. The molecule has 1 aliphatic heterocycles. The van der Waals surface area contributed by atoms with Crippen LogP contribution < -0.4 is 10.1 Å². The average molecular weight is 247 g/mol. The Hall–Kier alpha value is -1.08. The summed E-state index contributed by atoms with van der Waals surface area (Å²) < 4.78 is 27.4. The molecule has 0 spiro atoms. The van der Waals surface area contributed by atoms with Crippen LogP contribution in [-0.4, -0.2) is 29.0 Å². The molecule has 0 aliphatic carbocycles. The van der Waals surface area contributed by atoms with Gasteiger partial charge >= 0.3 is 0 Å². The number of nitrogens with zero attached hydrogens (tertiary/aromatic N) is 2. The van der Waals surface area contributed by atoms with Crippen molar-refractivity contribution in [3.8, 4) is 0 Å². The number of carbonyl (C=O) groups excluding carboxylic acids is 1. The molecule has 0 aromatic carbocycles. The first kappa shape index (κ1) is 11.4. The lowest BCUT2D eigenvalue weighted by Gasteiger charge is -2.05. The maximum Gasteiger partial charge on any atom is 0.265 e. The van der Waals surface area contributed by atoms with Crippen molar-refractivity contribution in [3.05, 3.63) is 16.4 Å². The molecule has 0 radical (unpaired) electrons. The van der Waals surface area contributed by atoms with Crippen molar-refractivity contribution < 1.29 is 13.6 Å².